The lowest BCUT2D eigenvalue weighted by atomic mass is 10.3. The van der Waals surface area contributed by atoms with E-state index in [-0.39, 0.29) is 18.3 Å². The van der Waals surface area contributed by atoms with Crippen LogP contribution in [0.5, 0.6) is 5.75 Å². The number of carbonyl (C=O) groups is 1. The Bertz CT molecular complexity index is 859. The highest BCUT2D eigenvalue weighted by Crippen LogP contribution is 2.23. The van der Waals surface area contributed by atoms with Crippen molar-refractivity contribution in [1.82, 2.24) is 9.97 Å². The second-order valence-electron chi connectivity index (χ2n) is 4.99. The number of hydrogen-bond acceptors (Lipinski definition) is 6. The van der Waals surface area contributed by atoms with E-state index in [1.807, 2.05) is 6.92 Å². The first-order chi connectivity index (χ1) is 11.5. The molecule has 0 unspecified atom stereocenters. The fraction of sp³-hybridized carbons (Fsp3) is 0.188. The standard InChI is InChI=1S/C16H14FN3O2S2/c1-9-7-18-16(23-9)20-15(21)14-10(2)19-13(24-14)8-22-12-5-3-11(17)4-6-12/h3-7H,8H2,1-2H3,(H,18,20,21). The number of aromatic nitrogens is 2. The topological polar surface area (TPSA) is 64.1 Å². The zero-order valence-corrected chi connectivity index (χ0v) is 14.6. The Hall–Kier alpha value is -2.32. The summed E-state index contributed by atoms with van der Waals surface area (Å²) in [7, 11) is 0. The molecule has 0 aliphatic rings. The van der Waals surface area contributed by atoms with Crippen molar-refractivity contribution in [1.29, 1.82) is 0 Å². The van der Waals surface area contributed by atoms with Crippen molar-refractivity contribution in [2.24, 2.45) is 0 Å². The molecule has 0 radical (unpaired) electrons. The number of thiazole rings is 2. The summed E-state index contributed by atoms with van der Waals surface area (Å²) in [5.41, 5.74) is 0.642. The lowest BCUT2D eigenvalue weighted by Crippen LogP contribution is -2.11. The van der Waals surface area contributed by atoms with Gasteiger partial charge in [-0.3, -0.25) is 10.1 Å². The predicted molar refractivity (Wildman–Crippen MR) is 92.4 cm³/mol. The molecule has 2 aromatic heterocycles. The molecule has 0 fully saturated rings. The van der Waals surface area contributed by atoms with Gasteiger partial charge in [0, 0.05) is 11.1 Å². The van der Waals surface area contributed by atoms with Crippen molar-refractivity contribution in [3.05, 3.63) is 56.7 Å². The summed E-state index contributed by atoms with van der Waals surface area (Å²) < 4.78 is 18.4. The van der Waals surface area contributed by atoms with E-state index in [4.69, 9.17) is 4.74 Å². The highest BCUT2D eigenvalue weighted by atomic mass is 32.1. The van der Waals surface area contributed by atoms with Gasteiger partial charge in [0.2, 0.25) is 0 Å². The van der Waals surface area contributed by atoms with Crippen molar-refractivity contribution in [3.63, 3.8) is 0 Å². The monoisotopic (exact) mass is 363 g/mol. The molecular weight excluding hydrogens is 349 g/mol. The molecule has 0 spiro atoms. The third-order valence-corrected chi connectivity index (χ3v) is 5.02. The zero-order chi connectivity index (χ0) is 17.1. The highest BCUT2D eigenvalue weighted by molar-refractivity contribution is 7.16. The van der Waals surface area contributed by atoms with Crippen LogP contribution in [0.25, 0.3) is 0 Å². The number of anilines is 1. The van der Waals surface area contributed by atoms with Crippen molar-refractivity contribution >= 4 is 33.7 Å². The van der Waals surface area contributed by atoms with E-state index in [2.05, 4.69) is 15.3 Å². The summed E-state index contributed by atoms with van der Waals surface area (Å²) in [5.74, 6) is 0.00437. The first kappa shape index (κ1) is 16.5. The van der Waals surface area contributed by atoms with Crippen LogP contribution in [-0.4, -0.2) is 15.9 Å². The number of aryl methyl sites for hydroxylation is 2. The number of nitrogens with one attached hydrogen (secondary N) is 1. The van der Waals surface area contributed by atoms with Crippen molar-refractivity contribution < 1.29 is 13.9 Å². The van der Waals surface area contributed by atoms with Gasteiger partial charge in [-0.05, 0) is 38.1 Å². The van der Waals surface area contributed by atoms with Gasteiger partial charge in [-0.15, -0.1) is 22.7 Å². The normalized spacial score (nSPS) is 10.6. The Morgan fingerprint density at radius 1 is 1.25 bits per heavy atom. The third kappa shape index (κ3) is 3.95. The van der Waals surface area contributed by atoms with Gasteiger partial charge in [0.05, 0.1) is 5.69 Å². The van der Waals surface area contributed by atoms with Gasteiger partial charge in [0.1, 0.15) is 28.1 Å². The highest BCUT2D eigenvalue weighted by Gasteiger charge is 2.17. The number of halogens is 1. The number of rotatable bonds is 5. The minimum Gasteiger partial charge on any atom is -0.486 e. The average Bonchev–Trinajstić information content (AvgIpc) is 3.12. The van der Waals surface area contributed by atoms with Crippen LogP contribution in [0.3, 0.4) is 0 Å². The number of amides is 1. The van der Waals surface area contributed by atoms with Gasteiger partial charge >= 0.3 is 0 Å². The van der Waals surface area contributed by atoms with Crippen LogP contribution < -0.4 is 10.1 Å². The van der Waals surface area contributed by atoms with Crippen LogP contribution in [0.2, 0.25) is 0 Å². The number of benzene rings is 1. The lowest BCUT2D eigenvalue weighted by Gasteiger charge is -2.03. The van der Waals surface area contributed by atoms with E-state index in [9.17, 15) is 9.18 Å². The number of ether oxygens (including phenoxy) is 1. The van der Waals surface area contributed by atoms with E-state index >= 15 is 0 Å². The molecule has 124 valence electrons. The summed E-state index contributed by atoms with van der Waals surface area (Å²) in [4.78, 5) is 22.3. The van der Waals surface area contributed by atoms with E-state index in [1.54, 1.807) is 25.3 Å². The molecule has 1 N–H and O–H groups in total. The zero-order valence-electron chi connectivity index (χ0n) is 13.0. The number of hydrogen-bond donors (Lipinski definition) is 1. The smallest absolute Gasteiger partial charge is 0.269 e. The molecule has 0 saturated carbocycles. The maximum absolute atomic E-state index is 12.9. The SMILES string of the molecule is Cc1cnc(NC(=O)c2sc(COc3ccc(F)cc3)nc2C)s1. The second-order valence-corrected chi connectivity index (χ2v) is 7.31. The first-order valence-corrected chi connectivity index (χ1v) is 8.73. The molecule has 3 rings (SSSR count). The van der Waals surface area contributed by atoms with Crippen molar-refractivity contribution in [3.8, 4) is 5.75 Å². The molecule has 24 heavy (non-hydrogen) atoms. The molecule has 0 bridgehead atoms. The summed E-state index contributed by atoms with van der Waals surface area (Å²) in [6, 6.07) is 5.76. The Balaban J connectivity index is 1.65. The minimum atomic E-state index is -0.316. The van der Waals surface area contributed by atoms with Gasteiger partial charge in [0.15, 0.2) is 5.13 Å². The second kappa shape index (κ2) is 7.06. The molecule has 2 heterocycles. The lowest BCUT2D eigenvalue weighted by molar-refractivity contribution is 0.103. The van der Waals surface area contributed by atoms with Crippen LogP contribution in [0.15, 0.2) is 30.5 Å². The van der Waals surface area contributed by atoms with Crippen LogP contribution in [0, 0.1) is 19.7 Å². The minimum absolute atomic E-state index is 0.223. The van der Waals surface area contributed by atoms with E-state index in [0.717, 1.165) is 4.88 Å². The van der Waals surface area contributed by atoms with Crippen LogP contribution in [-0.2, 0) is 6.61 Å². The third-order valence-electron chi connectivity index (χ3n) is 3.06. The molecule has 0 aliphatic carbocycles. The van der Waals surface area contributed by atoms with E-state index in [1.165, 1.54) is 34.8 Å². The maximum atomic E-state index is 12.9. The average molecular weight is 363 g/mol. The molecule has 1 aromatic carbocycles. The molecular formula is C16H14FN3O2S2. The Kier molecular flexibility index (Phi) is 4.86. The molecule has 3 aromatic rings. The van der Waals surface area contributed by atoms with Gasteiger partial charge < -0.3 is 4.74 Å². The Morgan fingerprint density at radius 2 is 2.00 bits per heavy atom. The molecule has 5 nitrogen and oxygen atoms in total. The molecule has 8 heteroatoms. The maximum Gasteiger partial charge on any atom is 0.269 e. The predicted octanol–water partition coefficient (Wildman–Crippen LogP) is 4.19. The van der Waals surface area contributed by atoms with Crippen LogP contribution in [0.4, 0.5) is 9.52 Å². The van der Waals surface area contributed by atoms with Crippen molar-refractivity contribution in [2.45, 2.75) is 20.5 Å². The van der Waals surface area contributed by atoms with E-state index < -0.39 is 0 Å². The largest absolute Gasteiger partial charge is 0.486 e. The molecule has 0 aliphatic heterocycles. The summed E-state index contributed by atoms with van der Waals surface area (Å²) in [6.45, 7) is 3.93. The quantitative estimate of drug-likeness (QED) is 0.738. The van der Waals surface area contributed by atoms with Gasteiger partial charge in [-0.25, -0.2) is 14.4 Å². The Morgan fingerprint density at radius 3 is 2.67 bits per heavy atom. The van der Waals surface area contributed by atoms with Gasteiger partial charge in [-0.1, -0.05) is 0 Å². The van der Waals surface area contributed by atoms with Gasteiger partial charge in [0.25, 0.3) is 5.91 Å². The molecule has 0 saturated heterocycles. The first-order valence-electron chi connectivity index (χ1n) is 7.10. The number of carbonyl (C=O) groups excluding carboxylic acids is 1. The summed E-state index contributed by atoms with van der Waals surface area (Å²) in [5, 5.41) is 4.01. The van der Waals surface area contributed by atoms with Crippen LogP contribution in [0.1, 0.15) is 25.3 Å². The van der Waals surface area contributed by atoms with Crippen LogP contribution >= 0.6 is 22.7 Å². The molecule has 0 atom stereocenters. The fourth-order valence-corrected chi connectivity index (χ4v) is 3.50. The summed E-state index contributed by atoms with van der Waals surface area (Å²) in [6.07, 6.45) is 1.71. The van der Waals surface area contributed by atoms with Gasteiger partial charge in [-0.2, -0.15) is 0 Å². The Labute approximate surface area is 146 Å². The fourth-order valence-electron chi connectivity index (χ4n) is 1.97. The van der Waals surface area contributed by atoms with E-state index in [0.29, 0.717) is 26.5 Å². The molecule has 1 amide bonds. The van der Waals surface area contributed by atoms with Crippen molar-refractivity contribution in [2.75, 3.05) is 5.32 Å². The summed E-state index contributed by atoms with van der Waals surface area (Å²) >= 11 is 2.69. The number of nitrogens with zero attached hydrogens (tertiary/aromatic N) is 2.